The van der Waals surface area contributed by atoms with E-state index in [-0.39, 0.29) is 5.41 Å². The molecule has 0 saturated heterocycles. The maximum absolute atomic E-state index is 8.80. The Kier molecular flexibility index (Phi) is 1.25. The molecule has 0 radical (unpaired) electrons. The zero-order chi connectivity index (χ0) is 7.73. The summed E-state index contributed by atoms with van der Waals surface area (Å²) in [5, 5.41) is 8.80. The Balaban J connectivity index is 2.08. The SMILES string of the molecule is N#CC1(Cc2cc[nH]c2)CC1. The molecule has 1 saturated carbocycles. The third-order valence-electron chi connectivity index (χ3n) is 2.30. The molecule has 1 aromatic heterocycles. The van der Waals surface area contributed by atoms with Gasteiger partial charge >= 0.3 is 0 Å². The molecule has 1 N–H and O–H groups in total. The van der Waals surface area contributed by atoms with Gasteiger partial charge in [0.15, 0.2) is 0 Å². The third kappa shape index (κ3) is 1.14. The fraction of sp³-hybridized carbons (Fsp3) is 0.444. The molecule has 1 heterocycles. The molecule has 1 aliphatic rings. The quantitative estimate of drug-likeness (QED) is 0.679. The highest BCUT2D eigenvalue weighted by molar-refractivity contribution is 5.20. The molecule has 56 valence electrons. The van der Waals surface area contributed by atoms with Gasteiger partial charge in [-0.15, -0.1) is 0 Å². The molecule has 0 spiro atoms. The maximum atomic E-state index is 8.80. The molecule has 0 atom stereocenters. The summed E-state index contributed by atoms with van der Waals surface area (Å²) < 4.78 is 0. The standard InChI is InChI=1S/C9H10N2/c10-7-9(2-3-9)5-8-1-4-11-6-8/h1,4,6,11H,2-3,5H2. The fourth-order valence-corrected chi connectivity index (χ4v) is 1.34. The lowest BCUT2D eigenvalue weighted by molar-refractivity contribution is 0.665. The van der Waals surface area contributed by atoms with Gasteiger partial charge in [-0.3, -0.25) is 0 Å². The molecule has 0 bridgehead atoms. The van der Waals surface area contributed by atoms with Crippen LogP contribution in [0, 0.1) is 16.7 Å². The van der Waals surface area contributed by atoms with E-state index in [1.165, 1.54) is 5.56 Å². The van der Waals surface area contributed by atoms with Crippen LogP contribution in [0.5, 0.6) is 0 Å². The number of aromatic amines is 1. The number of nitrogens with one attached hydrogen (secondary N) is 1. The zero-order valence-corrected chi connectivity index (χ0v) is 6.30. The monoisotopic (exact) mass is 146 g/mol. The van der Waals surface area contributed by atoms with Crippen molar-refractivity contribution in [1.29, 1.82) is 5.26 Å². The van der Waals surface area contributed by atoms with Crippen molar-refractivity contribution >= 4 is 0 Å². The van der Waals surface area contributed by atoms with E-state index in [1.807, 2.05) is 18.5 Å². The second kappa shape index (κ2) is 2.13. The Labute approximate surface area is 65.9 Å². The first-order chi connectivity index (χ1) is 5.35. The lowest BCUT2D eigenvalue weighted by atomic mass is 10.0. The lowest BCUT2D eigenvalue weighted by Gasteiger charge is -2.00. The molecule has 0 aliphatic heterocycles. The van der Waals surface area contributed by atoms with Crippen LogP contribution in [0.15, 0.2) is 18.5 Å². The highest BCUT2D eigenvalue weighted by Crippen LogP contribution is 2.47. The average molecular weight is 146 g/mol. The summed E-state index contributed by atoms with van der Waals surface area (Å²) in [6.45, 7) is 0. The minimum atomic E-state index is 0.00218. The Morgan fingerprint density at radius 1 is 1.64 bits per heavy atom. The molecule has 2 nitrogen and oxygen atoms in total. The van der Waals surface area contributed by atoms with Crippen molar-refractivity contribution in [2.24, 2.45) is 5.41 Å². The van der Waals surface area contributed by atoms with Gasteiger partial charge in [-0.1, -0.05) is 0 Å². The smallest absolute Gasteiger partial charge is 0.0693 e. The van der Waals surface area contributed by atoms with Crippen molar-refractivity contribution in [2.45, 2.75) is 19.3 Å². The van der Waals surface area contributed by atoms with Gasteiger partial charge in [0, 0.05) is 12.4 Å². The summed E-state index contributed by atoms with van der Waals surface area (Å²) in [5.74, 6) is 0. The first kappa shape index (κ1) is 6.48. The lowest BCUT2D eigenvalue weighted by Crippen LogP contribution is -1.99. The summed E-state index contributed by atoms with van der Waals surface area (Å²) >= 11 is 0. The molecule has 2 rings (SSSR count). The normalized spacial score (nSPS) is 19.2. The zero-order valence-electron chi connectivity index (χ0n) is 6.30. The van der Waals surface area contributed by atoms with Crippen LogP contribution >= 0.6 is 0 Å². The second-order valence-corrected chi connectivity index (χ2v) is 3.29. The van der Waals surface area contributed by atoms with E-state index < -0.39 is 0 Å². The van der Waals surface area contributed by atoms with Crippen molar-refractivity contribution in [2.75, 3.05) is 0 Å². The van der Waals surface area contributed by atoms with E-state index in [2.05, 4.69) is 11.1 Å². The minimum Gasteiger partial charge on any atom is -0.367 e. The molecule has 0 unspecified atom stereocenters. The summed E-state index contributed by atoms with van der Waals surface area (Å²) in [7, 11) is 0. The van der Waals surface area contributed by atoms with Gasteiger partial charge in [0.25, 0.3) is 0 Å². The summed E-state index contributed by atoms with van der Waals surface area (Å²) in [4.78, 5) is 2.99. The van der Waals surface area contributed by atoms with Crippen molar-refractivity contribution in [1.82, 2.24) is 4.98 Å². The summed E-state index contributed by atoms with van der Waals surface area (Å²) in [6, 6.07) is 4.42. The Bertz CT molecular complexity index is 275. The van der Waals surface area contributed by atoms with Crippen LogP contribution in [0.2, 0.25) is 0 Å². The second-order valence-electron chi connectivity index (χ2n) is 3.29. The number of nitriles is 1. The maximum Gasteiger partial charge on any atom is 0.0693 e. The third-order valence-corrected chi connectivity index (χ3v) is 2.30. The van der Waals surface area contributed by atoms with Crippen LogP contribution in [0.4, 0.5) is 0 Å². The largest absolute Gasteiger partial charge is 0.367 e. The fourth-order valence-electron chi connectivity index (χ4n) is 1.34. The predicted octanol–water partition coefficient (Wildman–Crippen LogP) is 1.86. The van der Waals surface area contributed by atoms with Gasteiger partial charge in [-0.05, 0) is 30.9 Å². The molecular weight excluding hydrogens is 136 g/mol. The van der Waals surface area contributed by atoms with E-state index in [0.29, 0.717) is 0 Å². The molecule has 1 fully saturated rings. The Morgan fingerprint density at radius 3 is 2.91 bits per heavy atom. The number of aromatic nitrogens is 1. The van der Waals surface area contributed by atoms with Crippen LogP contribution in [0.3, 0.4) is 0 Å². The minimum absolute atomic E-state index is 0.00218. The van der Waals surface area contributed by atoms with Crippen molar-refractivity contribution in [3.63, 3.8) is 0 Å². The number of H-pyrrole nitrogens is 1. The topological polar surface area (TPSA) is 39.6 Å². The predicted molar refractivity (Wildman–Crippen MR) is 41.8 cm³/mol. The van der Waals surface area contributed by atoms with E-state index in [4.69, 9.17) is 5.26 Å². The van der Waals surface area contributed by atoms with Crippen LogP contribution in [-0.4, -0.2) is 4.98 Å². The molecule has 1 aliphatic carbocycles. The number of rotatable bonds is 2. The van der Waals surface area contributed by atoms with Gasteiger partial charge in [-0.2, -0.15) is 5.26 Å². The van der Waals surface area contributed by atoms with Crippen LogP contribution < -0.4 is 0 Å². The van der Waals surface area contributed by atoms with Gasteiger partial charge < -0.3 is 4.98 Å². The number of hydrogen-bond donors (Lipinski definition) is 1. The van der Waals surface area contributed by atoms with E-state index in [0.717, 1.165) is 19.3 Å². The van der Waals surface area contributed by atoms with E-state index in [9.17, 15) is 0 Å². The number of nitrogens with zero attached hydrogens (tertiary/aromatic N) is 1. The molecule has 1 aromatic rings. The molecule has 2 heteroatoms. The Morgan fingerprint density at radius 2 is 2.45 bits per heavy atom. The molecular formula is C9H10N2. The first-order valence-corrected chi connectivity index (χ1v) is 3.88. The average Bonchev–Trinajstić information content (AvgIpc) is 2.59. The van der Waals surface area contributed by atoms with Gasteiger partial charge in [-0.25, -0.2) is 0 Å². The summed E-state index contributed by atoms with van der Waals surface area (Å²) in [5.41, 5.74) is 1.26. The van der Waals surface area contributed by atoms with Crippen LogP contribution in [-0.2, 0) is 6.42 Å². The molecule has 11 heavy (non-hydrogen) atoms. The van der Waals surface area contributed by atoms with Crippen molar-refractivity contribution in [3.05, 3.63) is 24.0 Å². The molecule has 0 aromatic carbocycles. The van der Waals surface area contributed by atoms with E-state index in [1.54, 1.807) is 0 Å². The Hall–Kier alpha value is -1.23. The molecule has 0 amide bonds. The first-order valence-electron chi connectivity index (χ1n) is 3.88. The van der Waals surface area contributed by atoms with Crippen LogP contribution in [0.25, 0.3) is 0 Å². The van der Waals surface area contributed by atoms with E-state index >= 15 is 0 Å². The van der Waals surface area contributed by atoms with Crippen molar-refractivity contribution < 1.29 is 0 Å². The van der Waals surface area contributed by atoms with Gasteiger partial charge in [0.05, 0.1) is 11.5 Å². The van der Waals surface area contributed by atoms with Crippen LogP contribution in [0.1, 0.15) is 18.4 Å². The van der Waals surface area contributed by atoms with Gasteiger partial charge in [0.2, 0.25) is 0 Å². The van der Waals surface area contributed by atoms with Gasteiger partial charge in [0.1, 0.15) is 0 Å². The van der Waals surface area contributed by atoms with Crippen molar-refractivity contribution in [3.8, 4) is 6.07 Å². The number of hydrogen-bond acceptors (Lipinski definition) is 1. The highest BCUT2D eigenvalue weighted by atomic mass is 14.6. The summed E-state index contributed by atoms with van der Waals surface area (Å²) in [6.07, 6.45) is 6.95. The highest BCUT2D eigenvalue weighted by Gasteiger charge is 2.42.